The van der Waals surface area contributed by atoms with Crippen molar-refractivity contribution >= 4 is 15.9 Å². The molecule has 0 aromatic heterocycles. The number of rotatable bonds is 3. The van der Waals surface area contributed by atoms with E-state index < -0.39 is 0 Å². The highest BCUT2D eigenvalue weighted by molar-refractivity contribution is 9.10. The number of halogens is 2. The van der Waals surface area contributed by atoms with Crippen molar-refractivity contribution < 1.29 is 4.39 Å². The molecule has 0 saturated heterocycles. The van der Waals surface area contributed by atoms with Gasteiger partial charge in [-0.25, -0.2) is 4.39 Å². The Balaban J connectivity index is 1.73. The topological polar surface area (TPSA) is 26.0 Å². The standard InChI is InChI=1S/C16H15BrFN/c17-14-8-11(5-6-15(14)18)16(19)9-12-7-10-3-1-2-4-13(10)12/h1-6,8,12,16H,7,9,19H2. The maximum absolute atomic E-state index is 13.2. The van der Waals surface area contributed by atoms with Gasteiger partial charge in [0.15, 0.2) is 0 Å². The van der Waals surface area contributed by atoms with E-state index in [0.717, 1.165) is 18.4 Å². The van der Waals surface area contributed by atoms with Crippen LogP contribution < -0.4 is 5.73 Å². The summed E-state index contributed by atoms with van der Waals surface area (Å²) in [5, 5.41) is 0. The average molecular weight is 320 g/mol. The molecule has 2 aromatic rings. The minimum Gasteiger partial charge on any atom is -0.324 e. The summed E-state index contributed by atoms with van der Waals surface area (Å²) in [6.07, 6.45) is 2.02. The van der Waals surface area contributed by atoms with E-state index in [-0.39, 0.29) is 11.9 Å². The van der Waals surface area contributed by atoms with Crippen molar-refractivity contribution in [1.29, 1.82) is 0 Å². The lowest BCUT2D eigenvalue weighted by Gasteiger charge is -2.32. The maximum atomic E-state index is 13.2. The highest BCUT2D eigenvalue weighted by atomic mass is 79.9. The fraction of sp³-hybridized carbons (Fsp3) is 0.250. The number of benzene rings is 2. The van der Waals surface area contributed by atoms with Gasteiger partial charge in [0.1, 0.15) is 5.82 Å². The Bertz CT molecular complexity index is 611. The van der Waals surface area contributed by atoms with Crippen molar-refractivity contribution in [3.63, 3.8) is 0 Å². The second kappa shape index (κ2) is 5.06. The highest BCUT2D eigenvalue weighted by Crippen LogP contribution is 2.40. The largest absolute Gasteiger partial charge is 0.324 e. The molecule has 19 heavy (non-hydrogen) atoms. The van der Waals surface area contributed by atoms with Crippen LogP contribution in [-0.2, 0) is 6.42 Å². The second-order valence-corrected chi connectivity index (χ2v) is 5.97. The van der Waals surface area contributed by atoms with Crippen molar-refractivity contribution in [2.24, 2.45) is 5.73 Å². The van der Waals surface area contributed by atoms with Gasteiger partial charge in [0.2, 0.25) is 0 Å². The molecule has 3 rings (SSSR count). The van der Waals surface area contributed by atoms with E-state index in [4.69, 9.17) is 5.73 Å². The molecule has 0 heterocycles. The summed E-state index contributed by atoms with van der Waals surface area (Å²) in [5.41, 5.74) is 10.1. The summed E-state index contributed by atoms with van der Waals surface area (Å²) in [6.45, 7) is 0. The summed E-state index contributed by atoms with van der Waals surface area (Å²) in [4.78, 5) is 0. The van der Waals surface area contributed by atoms with Crippen molar-refractivity contribution in [1.82, 2.24) is 0 Å². The van der Waals surface area contributed by atoms with Gasteiger partial charge in [-0.2, -0.15) is 0 Å². The Morgan fingerprint density at radius 1 is 1.26 bits per heavy atom. The van der Waals surface area contributed by atoms with Crippen LogP contribution in [-0.4, -0.2) is 0 Å². The molecule has 2 unspecified atom stereocenters. The Morgan fingerprint density at radius 3 is 2.79 bits per heavy atom. The van der Waals surface area contributed by atoms with E-state index in [0.29, 0.717) is 10.4 Å². The van der Waals surface area contributed by atoms with Gasteiger partial charge in [-0.05, 0) is 63.5 Å². The van der Waals surface area contributed by atoms with Gasteiger partial charge in [-0.3, -0.25) is 0 Å². The number of hydrogen-bond donors (Lipinski definition) is 1. The Hall–Kier alpha value is -1.19. The molecule has 0 aliphatic heterocycles. The first-order valence-corrected chi connectivity index (χ1v) is 7.23. The Kier molecular flexibility index (Phi) is 3.42. The normalized spacial score (nSPS) is 18.6. The van der Waals surface area contributed by atoms with Crippen molar-refractivity contribution in [2.45, 2.75) is 24.8 Å². The van der Waals surface area contributed by atoms with E-state index >= 15 is 0 Å². The summed E-state index contributed by atoms with van der Waals surface area (Å²) < 4.78 is 13.7. The molecular weight excluding hydrogens is 305 g/mol. The van der Waals surface area contributed by atoms with E-state index in [1.54, 1.807) is 12.1 Å². The van der Waals surface area contributed by atoms with Crippen LogP contribution >= 0.6 is 15.9 Å². The molecule has 0 radical (unpaired) electrons. The maximum Gasteiger partial charge on any atom is 0.137 e. The summed E-state index contributed by atoms with van der Waals surface area (Å²) in [7, 11) is 0. The molecule has 2 atom stereocenters. The van der Waals surface area contributed by atoms with Crippen LogP contribution in [0.2, 0.25) is 0 Å². The summed E-state index contributed by atoms with van der Waals surface area (Å²) in [6, 6.07) is 13.5. The molecular formula is C16H15BrFN. The van der Waals surface area contributed by atoms with Crippen molar-refractivity contribution in [2.75, 3.05) is 0 Å². The average Bonchev–Trinajstić information content (AvgIpc) is 2.39. The summed E-state index contributed by atoms with van der Waals surface area (Å²) in [5.74, 6) is 0.292. The molecule has 2 N–H and O–H groups in total. The van der Waals surface area contributed by atoms with Crippen molar-refractivity contribution in [3.8, 4) is 0 Å². The molecule has 0 saturated carbocycles. The minimum atomic E-state index is -0.245. The zero-order valence-corrected chi connectivity index (χ0v) is 12.0. The smallest absolute Gasteiger partial charge is 0.137 e. The van der Waals surface area contributed by atoms with E-state index in [1.165, 1.54) is 17.2 Å². The van der Waals surface area contributed by atoms with E-state index in [9.17, 15) is 4.39 Å². The number of fused-ring (bicyclic) bond motifs is 1. The molecule has 0 bridgehead atoms. The third-order valence-electron chi connectivity index (χ3n) is 3.87. The first kappa shape index (κ1) is 12.8. The molecule has 1 aliphatic carbocycles. The van der Waals surface area contributed by atoms with Gasteiger partial charge in [0, 0.05) is 6.04 Å². The van der Waals surface area contributed by atoms with Crippen LogP contribution in [0.4, 0.5) is 4.39 Å². The van der Waals surface area contributed by atoms with Crippen LogP contribution in [0.1, 0.15) is 35.1 Å². The van der Waals surface area contributed by atoms with Crippen LogP contribution in [0.3, 0.4) is 0 Å². The second-order valence-electron chi connectivity index (χ2n) is 5.12. The van der Waals surface area contributed by atoms with Gasteiger partial charge >= 0.3 is 0 Å². The van der Waals surface area contributed by atoms with E-state index in [1.807, 2.05) is 0 Å². The first-order valence-electron chi connectivity index (χ1n) is 6.43. The zero-order valence-electron chi connectivity index (χ0n) is 10.4. The van der Waals surface area contributed by atoms with E-state index in [2.05, 4.69) is 40.2 Å². The molecule has 1 aliphatic rings. The Labute approximate surface area is 120 Å². The molecule has 3 heteroatoms. The van der Waals surface area contributed by atoms with Crippen LogP contribution in [0, 0.1) is 5.82 Å². The van der Waals surface area contributed by atoms with Crippen LogP contribution in [0.25, 0.3) is 0 Å². The third kappa shape index (κ3) is 2.45. The minimum absolute atomic E-state index is 0.0461. The predicted molar refractivity (Wildman–Crippen MR) is 78.5 cm³/mol. The lowest BCUT2D eigenvalue weighted by Crippen LogP contribution is -2.22. The third-order valence-corrected chi connectivity index (χ3v) is 4.48. The summed E-state index contributed by atoms with van der Waals surface area (Å²) >= 11 is 3.21. The lowest BCUT2D eigenvalue weighted by atomic mass is 9.74. The van der Waals surface area contributed by atoms with Crippen LogP contribution in [0.15, 0.2) is 46.9 Å². The first-order chi connectivity index (χ1) is 9.15. The SMILES string of the molecule is NC(CC1Cc2ccccc21)c1ccc(F)c(Br)c1. The lowest BCUT2D eigenvalue weighted by molar-refractivity contribution is 0.497. The molecule has 2 aromatic carbocycles. The number of nitrogens with two attached hydrogens (primary N) is 1. The fourth-order valence-electron chi connectivity index (χ4n) is 2.76. The van der Waals surface area contributed by atoms with Gasteiger partial charge < -0.3 is 5.73 Å². The Morgan fingerprint density at radius 2 is 2.05 bits per heavy atom. The monoisotopic (exact) mass is 319 g/mol. The van der Waals surface area contributed by atoms with Crippen molar-refractivity contribution in [3.05, 3.63) is 69.4 Å². The molecule has 0 spiro atoms. The van der Waals surface area contributed by atoms with Gasteiger partial charge in [0.05, 0.1) is 4.47 Å². The molecule has 1 nitrogen and oxygen atoms in total. The quantitative estimate of drug-likeness (QED) is 0.895. The van der Waals surface area contributed by atoms with Gasteiger partial charge in [-0.1, -0.05) is 30.3 Å². The number of hydrogen-bond acceptors (Lipinski definition) is 1. The zero-order chi connectivity index (χ0) is 13.4. The predicted octanol–water partition coefficient (Wildman–Crippen LogP) is 4.32. The molecule has 0 amide bonds. The molecule has 0 fully saturated rings. The molecule has 98 valence electrons. The van der Waals surface area contributed by atoms with Crippen LogP contribution in [0.5, 0.6) is 0 Å². The fourth-order valence-corrected chi connectivity index (χ4v) is 3.16. The van der Waals surface area contributed by atoms with Gasteiger partial charge in [0.25, 0.3) is 0 Å². The van der Waals surface area contributed by atoms with Gasteiger partial charge in [-0.15, -0.1) is 0 Å². The highest BCUT2D eigenvalue weighted by Gasteiger charge is 2.27.